The molecule has 0 fully saturated rings. The molecule has 0 heterocycles. The Morgan fingerprint density at radius 1 is 0.969 bits per heavy atom. The molecule has 0 amide bonds. The van der Waals surface area contributed by atoms with Crippen LogP contribution in [0.4, 0.5) is 0 Å². The smallest absolute Gasteiger partial charge is 0.0106 e. The summed E-state index contributed by atoms with van der Waals surface area (Å²) in [5.74, 6) is 2.04. The Kier molecular flexibility index (Phi) is 12.3. The van der Waals surface area contributed by atoms with Crippen molar-refractivity contribution in [2.45, 2.75) is 113 Å². The van der Waals surface area contributed by atoms with Crippen molar-refractivity contribution in [2.24, 2.45) is 17.8 Å². The SMILES string of the molecule is C=c1ccc(C(C)(C)CC)c/c1=C(CCCC(C)C)/C(=C/C=C\CC)C(C)CCC(C)C. The minimum atomic E-state index is 0.181. The number of benzene rings is 1. The number of hydrogen-bond donors (Lipinski definition) is 0. The second-order valence-electron chi connectivity index (χ2n) is 11.2. The average molecular weight is 437 g/mol. The van der Waals surface area contributed by atoms with Crippen LogP contribution in [-0.2, 0) is 5.41 Å². The fraction of sp³-hybridized carbons (Fsp3) is 0.625. The Hall–Kier alpha value is -1.56. The van der Waals surface area contributed by atoms with E-state index in [1.165, 1.54) is 52.8 Å². The highest BCUT2D eigenvalue weighted by atomic mass is 14.2. The van der Waals surface area contributed by atoms with Crippen LogP contribution >= 0.6 is 0 Å². The van der Waals surface area contributed by atoms with Crippen molar-refractivity contribution in [3.63, 3.8) is 0 Å². The third kappa shape index (κ3) is 9.13. The van der Waals surface area contributed by atoms with Crippen LogP contribution in [0.15, 0.2) is 42.0 Å². The topological polar surface area (TPSA) is 0 Å². The molecular weight excluding hydrogens is 384 g/mol. The first-order valence-electron chi connectivity index (χ1n) is 13.2. The fourth-order valence-electron chi connectivity index (χ4n) is 4.21. The van der Waals surface area contributed by atoms with E-state index in [2.05, 4.69) is 105 Å². The molecule has 1 aromatic rings. The molecule has 180 valence electrons. The maximum atomic E-state index is 4.48. The van der Waals surface area contributed by atoms with Gasteiger partial charge in [-0.05, 0) is 82.4 Å². The molecule has 1 atom stereocenters. The van der Waals surface area contributed by atoms with Crippen molar-refractivity contribution in [3.05, 3.63) is 58.0 Å². The van der Waals surface area contributed by atoms with E-state index in [1.54, 1.807) is 0 Å². The van der Waals surface area contributed by atoms with Gasteiger partial charge in [0.2, 0.25) is 0 Å². The summed E-state index contributed by atoms with van der Waals surface area (Å²) in [7, 11) is 0. The van der Waals surface area contributed by atoms with Gasteiger partial charge >= 0.3 is 0 Å². The summed E-state index contributed by atoms with van der Waals surface area (Å²) in [6.07, 6.45) is 15.3. The van der Waals surface area contributed by atoms with E-state index in [4.69, 9.17) is 0 Å². The Balaban J connectivity index is 3.73. The van der Waals surface area contributed by atoms with Crippen molar-refractivity contribution in [3.8, 4) is 0 Å². The third-order valence-corrected chi connectivity index (χ3v) is 7.01. The Bertz CT molecular complexity index is 845. The highest BCUT2D eigenvalue weighted by molar-refractivity contribution is 5.66. The maximum absolute atomic E-state index is 4.48. The van der Waals surface area contributed by atoms with E-state index in [-0.39, 0.29) is 5.41 Å². The third-order valence-electron chi connectivity index (χ3n) is 7.01. The van der Waals surface area contributed by atoms with Crippen molar-refractivity contribution < 1.29 is 0 Å². The maximum Gasteiger partial charge on any atom is -0.0106 e. The highest BCUT2D eigenvalue weighted by Crippen LogP contribution is 2.30. The summed E-state index contributed by atoms with van der Waals surface area (Å²) in [6, 6.07) is 7.01. The van der Waals surface area contributed by atoms with Crippen LogP contribution in [0.1, 0.15) is 113 Å². The first kappa shape index (κ1) is 28.5. The molecule has 0 heteroatoms. The molecule has 32 heavy (non-hydrogen) atoms. The minimum Gasteiger partial charge on any atom is -0.0911 e. The van der Waals surface area contributed by atoms with Gasteiger partial charge in [0.1, 0.15) is 0 Å². The van der Waals surface area contributed by atoms with Crippen LogP contribution in [0.2, 0.25) is 0 Å². The van der Waals surface area contributed by atoms with Gasteiger partial charge in [0.25, 0.3) is 0 Å². The first-order valence-corrected chi connectivity index (χ1v) is 13.2. The quantitative estimate of drug-likeness (QED) is 0.271. The normalized spacial score (nSPS) is 15.2. The molecule has 1 aromatic carbocycles. The van der Waals surface area contributed by atoms with Gasteiger partial charge in [-0.1, -0.05) is 118 Å². The van der Waals surface area contributed by atoms with Crippen molar-refractivity contribution >= 4 is 12.2 Å². The molecule has 0 N–H and O–H groups in total. The summed E-state index contributed by atoms with van der Waals surface area (Å²) >= 11 is 0. The highest BCUT2D eigenvalue weighted by Gasteiger charge is 2.20. The molecule has 1 rings (SSSR count). The predicted octanol–water partition coefficient (Wildman–Crippen LogP) is 8.73. The van der Waals surface area contributed by atoms with Gasteiger partial charge in [0.15, 0.2) is 0 Å². The molecule has 0 aromatic heterocycles. The van der Waals surface area contributed by atoms with Gasteiger partial charge < -0.3 is 0 Å². The molecule has 0 spiro atoms. The largest absolute Gasteiger partial charge is 0.0911 e. The Morgan fingerprint density at radius 2 is 1.62 bits per heavy atom. The monoisotopic (exact) mass is 436 g/mol. The Labute approximate surface area is 200 Å². The standard InChI is InChI=1S/C32H52/c1-11-13-14-17-29(26(7)20-19-25(5)6)30(18-15-16-24(3)4)31-23-28(22-21-27(31)8)32(9,10)12-2/h13-14,17,21-26H,8,11-12,15-16,18-20H2,1-7,9-10H3/b14-13-,29-17+,31-30-. The Morgan fingerprint density at radius 3 is 2.19 bits per heavy atom. The summed E-state index contributed by atoms with van der Waals surface area (Å²) in [4.78, 5) is 0. The van der Waals surface area contributed by atoms with Gasteiger partial charge in [-0.15, -0.1) is 0 Å². The molecule has 0 aliphatic heterocycles. The summed E-state index contributed by atoms with van der Waals surface area (Å²) in [5, 5.41) is 2.54. The van der Waals surface area contributed by atoms with E-state index >= 15 is 0 Å². The van der Waals surface area contributed by atoms with Gasteiger partial charge in [0.05, 0.1) is 0 Å². The van der Waals surface area contributed by atoms with Crippen molar-refractivity contribution in [1.29, 1.82) is 0 Å². The fourth-order valence-corrected chi connectivity index (χ4v) is 4.21. The molecular formula is C32H52. The molecule has 0 aliphatic rings. The zero-order chi connectivity index (χ0) is 24.3. The zero-order valence-electron chi connectivity index (χ0n) is 22.9. The van der Waals surface area contributed by atoms with E-state index in [9.17, 15) is 0 Å². The lowest BCUT2D eigenvalue weighted by Gasteiger charge is -2.25. The van der Waals surface area contributed by atoms with E-state index in [0.29, 0.717) is 5.92 Å². The van der Waals surface area contributed by atoms with E-state index < -0.39 is 0 Å². The predicted molar refractivity (Wildman–Crippen MR) is 147 cm³/mol. The van der Waals surface area contributed by atoms with Gasteiger partial charge in [-0.3, -0.25) is 0 Å². The lowest BCUT2D eigenvalue weighted by Crippen LogP contribution is -2.30. The van der Waals surface area contributed by atoms with Crippen LogP contribution in [0.25, 0.3) is 12.2 Å². The summed E-state index contributed by atoms with van der Waals surface area (Å²) < 4.78 is 0. The zero-order valence-corrected chi connectivity index (χ0v) is 22.9. The van der Waals surface area contributed by atoms with E-state index in [0.717, 1.165) is 31.1 Å². The average Bonchev–Trinajstić information content (AvgIpc) is 2.73. The molecule has 0 bridgehead atoms. The van der Waals surface area contributed by atoms with Gasteiger partial charge in [-0.25, -0.2) is 0 Å². The van der Waals surface area contributed by atoms with Gasteiger partial charge in [-0.2, -0.15) is 0 Å². The number of rotatable bonds is 13. The minimum absolute atomic E-state index is 0.181. The number of allylic oxidation sites excluding steroid dienone is 4. The summed E-state index contributed by atoms with van der Waals surface area (Å²) in [6.45, 7) is 25.5. The van der Waals surface area contributed by atoms with E-state index in [1.807, 2.05) is 0 Å². The molecule has 0 nitrogen and oxygen atoms in total. The molecule has 1 unspecified atom stereocenters. The number of hydrogen-bond acceptors (Lipinski definition) is 0. The van der Waals surface area contributed by atoms with Crippen molar-refractivity contribution in [2.75, 3.05) is 0 Å². The van der Waals surface area contributed by atoms with Gasteiger partial charge in [0, 0.05) is 0 Å². The lowest BCUT2D eigenvalue weighted by molar-refractivity contribution is 0.492. The second-order valence-corrected chi connectivity index (χ2v) is 11.2. The van der Waals surface area contributed by atoms with Crippen LogP contribution in [0.3, 0.4) is 0 Å². The first-order chi connectivity index (χ1) is 15.0. The molecule has 0 radical (unpaired) electrons. The molecule has 0 saturated heterocycles. The van der Waals surface area contributed by atoms with Crippen LogP contribution in [0, 0.1) is 17.8 Å². The van der Waals surface area contributed by atoms with Crippen LogP contribution in [-0.4, -0.2) is 0 Å². The second kappa shape index (κ2) is 13.9. The lowest BCUT2D eigenvalue weighted by atomic mass is 9.80. The van der Waals surface area contributed by atoms with Crippen molar-refractivity contribution in [1.82, 2.24) is 0 Å². The molecule has 0 aliphatic carbocycles. The molecule has 0 saturated carbocycles. The summed E-state index contributed by atoms with van der Waals surface area (Å²) in [5.41, 5.74) is 4.67. The van der Waals surface area contributed by atoms with Crippen LogP contribution in [0.5, 0.6) is 0 Å². The van der Waals surface area contributed by atoms with Crippen LogP contribution < -0.4 is 10.4 Å².